The molecule has 0 aliphatic rings. The Morgan fingerprint density at radius 1 is 1.26 bits per heavy atom. The highest BCUT2D eigenvalue weighted by Crippen LogP contribution is 2.39. The number of hydrogen-bond acceptors (Lipinski definition) is 2. The predicted molar refractivity (Wildman–Crippen MR) is 82.2 cm³/mol. The molecule has 1 atom stereocenters. The molecule has 0 aliphatic carbocycles. The van der Waals surface area contributed by atoms with Crippen molar-refractivity contribution in [2.24, 2.45) is 18.2 Å². The van der Waals surface area contributed by atoms with Crippen LogP contribution in [-0.2, 0) is 7.05 Å². The highest BCUT2D eigenvalue weighted by molar-refractivity contribution is 5.84. The Bertz CT molecular complexity index is 566. The van der Waals surface area contributed by atoms with E-state index in [0.717, 1.165) is 0 Å². The second kappa shape index (κ2) is 4.99. The monoisotopic (exact) mass is 259 g/mol. The lowest BCUT2D eigenvalue weighted by Gasteiger charge is -2.38. The molecule has 104 valence electrons. The van der Waals surface area contributed by atoms with E-state index in [-0.39, 0.29) is 5.41 Å². The lowest BCUT2D eigenvalue weighted by molar-refractivity contribution is 0.144. The van der Waals surface area contributed by atoms with E-state index < -0.39 is 0 Å². The molecule has 2 rings (SSSR count). The summed E-state index contributed by atoms with van der Waals surface area (Å²) in [6.07, 6.45) is 2.24. The van der Waals surface area contributed by atoms with Gasteiger partial charge in [-0.05, 0) is 37.7 Å². The van der Waals surface area contributed by atoms with Gasteiger partial charge in [0.25, 0.3) is 0 Å². The molecule has 2 aromatic rings. The minimum absolute atomic E-state index is 0.0353. The molecular weight excluding hydrogens is 234 g/mol. The number of nitrogens with zero attached hydrogens (tertiary/aromatic N) is 2. The molecule has 1 aromatic heterocycles. The Kier molecular flexibility index (Phi) is 3.70. The molecule has 0 radical (unpaired) electrons. The average molecular weight is 259 g/mol. The van der Waals surface area contributed by atoms with Crippen LogP contribution in [0.25, 0.3) is 10.9 Å². The first-order chi connectivity index (χ1) is 8.88. The van der Waals surface area contributed by atoms with Gasteiger partial charge in [-0.15, -0.1) is 0 Å². The van der Waals surface area contributed by atoms with E-state index in [1.165, 1.54) is 16.5 Å². The van der Waals surface area contributed by atoms with Crippen LogP contribution in [0.15, 0.2) is 30.5 Å². The van der Waals surface area contributed by atoms with Crippen molar-refractivity contribution in [2.75, 3.05) is 20.6 Å². The lowest BCUT2D eigenvalue weighted by atomic mass is 9.79. The molecule has 3 nitrogen and oxygen atoms in total. The Labute approximate surface area is 116 Å². The van der Waals surface area contributed by atoms with Gasteiger partial charge in [-0.1, -0.05) is 32.0 Å². The van der Waals surface area contributed by atoms with Gasteiger partial charge in [0.05, 0.1) is 0 Å². The fraction of sp³-hybridized carbons (Fsp3) is 0.500. The molecule has 1 unspecified atom stereocenters. The summed E-state index contributed by atoms with van der Waals surface area (Å²) < 4.78 is 2.20. The van der Waals surface area contributed by atoms with Crippen molar-refractivity contribution in [3.63, 3.8) is 0 Å². The zero-order valence-electron chi connectivity index (χ0n) is 12.6. The summed E-state index contributed by atoms with van der Waals surface area (Å²) >= 11 is 0. The van der Waals surface area contributed by atoms with Gasteiger partial charge in [0, 0.05) is 30.2 Å². The van der Waals surface area contributed by atoms with Gasteiger partial charge >= 0.3 is 0 Å². The van der Waals surface area contributed by atoms with Crippen molar-refractivity contribution in [3.05, 3.63) is 36.0 Å². The molecule has 2 N–H and O–H groups in total. The first-order valence-corrected chi connectivity index (χ1v) is 6.79. The number of benzene rings is 1. The SMILES string of the molecule is CN(C)C(c1cn(C)c2ccccc12)C(C)(C)CN. The summed E-state index contributed by atoms with van der Waals surface area (Å²) in [4.78, 5) is 2.27. The molecule has 0 aliphatic heterocycles. The van der Waals surface area contributed by atoms with Gasteiger partial charge in [0.2, 0.25) is 0 Å². The normalized spacial score (nSPS) is 14.3. The van der Waals surface area contributed by atoms with Gasteiger partial charge in [-0.2, -0.15) is 0 Å². The maximum atomic E-state index is 6.00. The van der Waals surface area contributed by atoms with E-state index in [9.17, 15) is 0 Å². The fourth-order valence-electron chi connectivity index (χ4n) is 3.10. The van der Waals surface area contributed by atoms with Gasteiger partial charge in [-0.3, -0.25) is 0 Å². The first kappa shape index (κ1) is 14.1. The molecule has 19 heavy (non-hydrogen) atoms. The highest BCUT2D eigenvalue weighted by atomic mass is 15.1. The molecule has 0 saturated carbocycles. The van der Waals surface area contributed by atoms with Gasteiger partial charge in [-0.25, -0.2) is 0 Å². The van der Waals surface area contributed by atoms with E-state index >= 15 is 0 Å². The van der Waals surface area contributed by atoms with E-state index in [2.05, 4.69) is 74.9 Å². The van der Waals surface area contributed by atoms with Crippen LogP contribution in [0.4, 0.5) is 0 Å². The third-order valence-electron chi connectivity index (χ3n) is 4.01. The number of fused-ring (bicyclic) bond motifs is 1. The van der Waals surface area contributed by atoms with Crippen LogP contribution < -0.4 is 5.73 Å². The van der Waals surface area contributed by atoms with Gasteiger partial charge < -0.3 is 15.2 Å². The number of hydrogen-bond donors (Lipinski definition) is 1. The quantitative estimate of drug-likeness (QED) is 0.916. The minimum Gasteiger partial charge on any atom is -0.350 e. The number of nitrogens with two attached hydrogens (primary N) is 1. The molecule has 0 bridgehead atoms. The summed E-state index contributed by atoms with van der Waals surface area (Å²) in [6, 6.07) is 8.87. The maximum Gasteiger partial charge on any atom is 0.0481 e. The van der Waals surface area contributed by atoms with Crippen molar-refractivity contribution in [1.29, 1.82) is 0 Å². The van der Waals surface area contributed by atoms with E-state index in [1.807, 2.05) is 0 Å². The van der Waals surface area contributed by atoms with E-state index in [0.29, 0.717) is 12.6 Å². The van der Waals surface area contributed by atoms with Crippen LogP contribution in [0.3, 0.4) is 0 Å². The summed E-state index contributed by atoms with van der Waals surface area (Å²) in [5.41, 5.74) is 8.67. The lowest BCUT2D eigenvalue weighted by Crippen LogP contribution is -2.38. The number of para-hydroxylation sites is 1. The second-order valence-electron chi connectivity index (χ2n) is 6.27. The van der Waals surface area contributed by atoms with Crippen molar-refractivity contribution in [2.45, 2.75) is 19.9 Å². The Morgan fingerprint density at radius 3 is 2.47 bits per heavy atom. The minimum atomic E-state index is 0.0353. The summed E-state index contributed by atoms with van der Waals surface area (Å²) in [7, 11) is 6.36. The molecule has 0 saturated heterocycles. The molecule has 0 amide bonds. The maximum absolute atomic E-state index is 6.00. The summed E-state index contributed by atoms with van der Waals surface area (Å²) in [5, 5.41) is 1.32. The smallest absolute Gasteiger partial charge is 0.0481 e. The third kappa shape index (κ3) is 2.40. The summed E-state index contributed by atoms with van der Waals surface area (Å²) in [5.74, 6) is 0. The Morgan fingerprint density at radius 2 is 1.89 bits per heavy atom. The molecule has 1 heterocycles. The first-order valence-electron chi connectivity index (χ1n) is 6.79. The topological polar surface area (TPSA) is 34.2 Å². The van der Waals surface area contributed by atoms with Crippen LogP contribution in [0, 0.1) is 5.41 Å². The van der Waals surface area contributed by atoms with Crippen LogP contribution in [0.2, 0.25) is 0 Å². The van der Waals surface area contributed by atoms with Crippen LogP contribution in [0.1, 0.15) is 25.5 Å². The van der Waals surface area contributed by atoms with Crippen LogP contribution >= 0.6 is 0 Å². The van der Waals surface area contributed by atoms with Crippen molar-refractivity contribution < 1.29 is 0 Å². The zero-order valence-corrected chi connectivity index (χ0v) is 12.6. The molecule has 0 spiro atoms. The van der Waals surface area contributed by atoms with Gasteiger partial charge in [0.15, 0.2) is 0 Å². The number of aryl methyl sites for hydroxylation is 1. The van der Waals surface area contributed by atoms with Crippen molar-refractivity contribution >= 4 is 10.9 Å². The van der Waals surface area contributed by atoms with Gasteiger partial charge in [0.1, 0.15) is 0 Å². The largest absolute Gasteiger partial charge is 0.350 e. The molecular formula is C16H25N3. The molecule has 1 aromatic carbocycles. The standard InChI is InChI=1S/C16H25N3/c1-16(2,11-17)15(18(3)4)13-10-19(5)14-9-7-6-8-12(13)14/h6-10,15H,11,17H2,1-5H3. The number of rotatable bonds is 4. The Balaban J connectivity index is 2.64. The molecule has 0 fully saturated rings. The van der Waals surface area contributed by atoms with E-state index in [4.69, 9.17) is 5.73 Å². The zero-order chi connectivity index (χ0) is 14.2. The predicted octanol–water partition coefficient (Wildman–Crippen LogP) is 2.77. The van der Waals surface area contributed by atoms with Crippen LogP contribution in [-0.4, -0.2) is 30.1 Å². The fourth-order valence-corrected chi connectivity index (χ4v) is 3.10. The van der Waals surface area contributed by atoms with Crippen molar-refractivity contribution in [1.82, 2.24) is 9.47 Å². The highest BCUT2D eigenvalue weighted by Gasteiger charge is 2.33. The Hall–Kier alpha value is -1.32. The molecule has 3 heteroatoms. The average Bonchev–Trinajstić information content (AvgIpc) is 2.67. The third-order valence-corrected chi connectivity index (χ3v) is 4.01. The van der Waals surface area contributed by atoms with E-state index in [1.54, 1.807) is 0 Å². The summed E-state index contributed by atoms with van der Waals surface area (Å²) in [6.45, 7) is 5.14. The van der Waals surface area contributed by atoms with Crippen LogP contribution in [0.5, 0.6) is 0 Å². The second-order valence-corrected chi connectivity index (χ2v) is 6.27. The van der Waals surface area contributed by atoms with Crippen molar-refractivity contribution in [3.8, 4) is 0 Å². The number of aromatic nitrogens is 1.